The molecule has 2 aromatic heterocycles. The first-order valence-electron chi connectivity index (χ1n) is 10.0. The minimum atomic E-state index is -0.523. The zero-order valence-electron chi connectivity index (χ0n) is 17.5. The number of nitrogens with two attached hydrogens (primary N) is 1. The number of anilines is 3. The van der Waals surface area contributed by atoms with Gasteiger partial charge >= 0.3 is 0 Å². The van der Waals surface area contributed by atoms with Crippen molar-refractivity contribution in [2.45, 2.75) is 0 Å². The first kappa shape index (κ1) is 20.3. The van der Waals surface area contributed by atoms with Crippen LogP contribution in [0.15, 0.2) is 72.9 Å². The minimum Gasteiger partial charge on any atom is -0.497 e. The van der Waals surface area contributed by atoms with Gasteiger partial charge in [0.25, 0.3) is 0 Å². The fourth-order valence-electron chi connectivity index (χ4n) is 3.36. The largest absolute Gasteiger partial charge is 0.497 e. The summed E-state index contributed by atoms with van der Waals surface area (Å²) in [4.78, 5) is 8.48. The number of hydrogen-bond acceptors (Lipinski definition) is 7. The standard InChI is InChI=1S/C24H19FN6O2/c1-32-17-5-2-14(3-6-17)21-12-23(30-24(26)29-21)28-16-4-9-22(19(25)11-16)33-18-7-8-20-15(10-18)13-27-31-20/h2-13H,1H3,(H,27,31)(H3,26,28,29,30). The summed E-state index contributed by atoms with van der Waals surface area (Å²) in [5, 5.41) is 10.8. The topological polar surface area (TPSA) is 111 Å². The van der Waals surface area contributed by atoms with Crippen molar-refractivity contribution in [1.82, 2.24) is 20.2 Å². The van der Waals surface area contributed by atoms with Crippen LogP contribution >= 0.6 is 0 Å². The van der Waals surface area contributed by atoms with E-state index in [1.807, 2.05) is 30.3 Å². The maximum atomic E-state index is 14.7. The van der Waals surface area contributed by atoms with E-state index in [0.29, 0.717) is 22.9 Å². The van der Waals surface area contributed by atoms with Gasteiger partial charge in [-0.25, -0.2) is 9.37 Å². The molecule has 33 heavy (non-hydrogen) atoms. The highest BCUT2D eigenvalue weighted by Crippen LogP contribution is 2.30. The summed E-state index contributed by atoms with van der Waals surface area (Å²) < 4.78 is 25.6. The first-order chi connectivity index (χ1) is 16.1. The molecule has 0 amide bonds. The number of fused-ring (bicyclic) bond motifs is 1. The molecule has 8 nitrogen and oxygen atoms in total. The van der Waals surface area contributed by atoms with Gasteiger partial charge in [0.15, 0.2) is 11.6 Å². The van der Waals surface area contributed by atoms with E-state index in [0.717, 1.165) is 22.2 Å². The molecule has 0 aliphatic rings. The number of nitrogens with one attached hydrogen (secondary N) is 2. The van der Waals surface area contributed by atoms with E-state index in [4.69, 9.17) is 15.2 Å². The minimum absolute atomic E-state index is 0.0980. The Hall–Kier alpha value is -4.66. The molecule has 0 aliphatic carbocycles. The molecule has 5 rings (SSSR count). The van der Waals surface area contributed by atoms with Crippen LogP contribution in [0.5, 0.6) is 17.2 Å². The lowest BCUT2D eigenvalue weighted by Gasteiger charge is -2.11. The van der Waals surface area contributed by atoms with Gasteiger partial charge in [0.2, 0.25) is 5.95 Å². The van der Waals surface area contributed by atoms with Crippen molar-refractivity contribution in [2.75, 3.05) is 18.2 Å². The molecule has 0 radical (unpaired) electrons. The van der Waals surface area contributed by atoms with Crippen LogP contribution in [0.1, 0.15) is 0 Å². The predicted molar refractivity (Wildman–Crippen MR) is 124 cm³/mol. The molecule has 164 valence electrons. The van der Waals surface area contributed by atoms with Gasteiger partial charge in [0, 0.05) is 28.8 Å². The Morgan fingerprint density at radius 3 is 2.55 bits per heavy atom. The molecule has 0 fully saturated rings. The molecule has 9 heteroatoms. The number of ether oxygens (including phenoxy) is 2. The number of aromatic amines is 1. The third-order valence-corrected chi connectivity index (χ3v) is 4.97. The molecular weight excluding hydrogens is 423 g/mol. The fraction of sp³-hybridized carbons (Fsp3) is 0.0417. The molecule has 4 N–H and O–H groups in total. The van der Waals surface area contributed by atoms with Gasteiger partial charge < -0.3 is 20.5 Å². The number of halogens is 1. The van der Waals surface area contributed by atoms with Gasteiger partial charge in [0.05, 0.1) is 24.5 Å². The van der Waals surface area contributed by atoms with Gasteiger partial charge in [-0.1, -0.05) is 0 Å². The molecule has 3 aromatic carbocycles. The van der Waals surface area contributed by atoms with Crippen LogP contribution in [0.4, 0.5) is 21.8 Å². The zero-order valence-corrected chi connectivity index (χ0v) is 17.5. The van der Waals surface area contributed by atoms with Crippen LogP contribution < -0.4 is 20.5 Å². The van der Waals surface area contributed by atoms with Crippen molar-refractivity contribution < 1.29 is 13.9 Å². The summed E-state index contributed by atoms with van der Waals surface area (Å²) in [6, 6.07) is 19.1. The molecule has 0 spiro atoms. The first-order valence-corrected chi connectivity index (χ1v) is 10.0. The lowest BCUT2D eigenvalue weighted by molar-refractivity contribution is 0.415. The number of aromatic nitrogens is 4. The van der Waals surface area contributed by atoms with Crippen molar-refractivity contribution in [1.29, 1.82) is 0 Å². The number of rotatable bonds is 6. The molecule has 0 atom stereocenters. The lowest BCUT2D eigenvalue weighted by Crippen LogP contribution is -2.02. The average Bonchev–Trinajstić information content (AvgIpc) is 3.28. The van der Waals surface area contributed by atoms with E-state index in [2.05, 4.69) is 25.5 Å². The normalized spacial score (nSPS) is 10.8. The molecule has 5 aromatic rings. The third-order valence-electron chi connectivity index (χ3n) is 4.97. The van der Waals surface area contributed by atoms with Crippen molar-refractivity contribution in [3.05, 3.63) is 78.7 Å². The quantitative estimate of drug-likeness (QED) is 0.328. The molecule has 2 heterocycles. The molecule has 0 unspecified atom stereocenters. The summed E-state index contributed by atoms with van der Waals surface area (Å²) >= 11 is 0. The Bertz CT molecular complexity index is 1440. The average molecular weight is 442 g/mol. The van der Waals surface area contributed by atoms with E-state index in [1.165, 1.54) is 6.07 Å². The number of hydrogen-bond donors (Lipinski definition) is 3. The monoisotopic (exact) mass is 442 g/mol. The van der Waals surface area contributed by atoms with Crippen LogP contribution in [0.2, 0.25) is 0 Å². The van der Waals surface area contributed by atoms with Gasteiger partial charge in [-0.15, -0.1) is 0 Å². The summed E-state index contributed by atoms with van der Waals surface area (Å²) in [7, 11) is 1.60. The molecule has 0 saturated carbocycles. The predicted octanol–water partition coefficient (Wildman–Crippen LogP) is 5.29. The van der Waals surface area contributed by atoms with E-state index in [1.54, 1.807) is 43.6 Å². The maximum Gasteiger partial charge on any atom is 0.222 e. The number of nitrogens with zero attached hydrogens (tertiary/aromatic N) is 3. The smallest absolute Gasteiger partial charge is 0.222 e. The summed E-state index contributed by atoms with van der Waals surface area (Å²) in [5.41, 5.74) is 8.73. The van der Waals surface area contributed by atoms with Gasteiger partial charge in [0.1, 0.15) is 17.3 Å². The highest BCUT2D eigenvalue weighted by atomic mass is 19.1. The van der Waals surface area contributed by atoms with E-state index < -0.39 is 5.82 Å². The number of nitrogen functional groups attached to an aromatic ring is 1. The van der Waals surface area contributed by atoms with Gasteiger partial charge in [-0.2, -0.15) is 10.1 Å². The maximum absolute atomic E-state index is 14.7. The Morgan fingerprint density at radius 1 is 0.939 bits per heavy atom. The van der Waals surface area contributed by atoms with E-state index >= 15 is 0 Å². The SMILES string of the molecule is COc1ccc(-c2cc(Nc3ccc(Oc4ccc5[nH]ncc5c4)c(F)c3)nc(N)n2)cc1. The Morgan fingerprint density at radius 2 is 1.76 bits per heavy atom. The van der Waals surface area contributed by atoms with Crippen molar-refractivity contribution in [3.63, 3.8) is 0 Å². The highest BCUT2D eigenvalue weighted by molar-refractivity contribution is 5.79. The van der Waals surface area contributed by atoms with Crippen LogP contribution in [-0.4, -0.2) is 27.3 Å². The van der Waals surface area contributed by atoms with Crippen molar-refractivity contribution in [3.8, 4) is 28.5 Å². The summed E-state index contributed by atoms with van der Waals surface area (Å²) in [6.45, 7) is 0. The van der Waals surface area contributed by atoms with Crippen LogP contribution in [0.3, 0.4) is 0 Å². The van der Waals surface area contributed by atoms with Crippen LogP contribution in [-0.2, 0) is 0 Å². The Labute approximate surface area is 188 Å². The second-order valence-electron chi connectivity index (χ2n) is 7.22. The van der Waals surface area contributed by atoms with Crippen LogP contribution in [0.25, 0.3) is 22.2 Å². The molecule has 0 aliphatic heterocycles. The zero-order chi connectivity index (χ0) is 22.8. The van der Waals surface area contributed by atoms with Crippen molar-refractivity contribution in [2.24, 2.45) is 0 Å². The molecule has 0 saturated heterocycles. The number of methoxy groups -OCH3 is 1. The second-order valence-corrected chi connectivity index (χ2v) is 7.22. The van der Waals surface area contributed by atoms with E-state index in [9.17, 15) is 4.39 Å². The van der Waals surface area contributed by atoms with Gasteiger partial charge in [-0.3, -0.25) is 5.10 Å². The highest BCUT2D eigenvalue weighted by Gasteiger charge is 2.10. The Balaban J connectivity index is 1.35. The molecular formula is C24H19FN6O2. The Kier molecular flexibility index (Phi) is 5.19. The van der Waals surface area contributed by atoms with E-state index in [-0.39, 0.29) is 11.7 Å². The lowest BCUT2D eigenvalue weighted by atomic mass is 10.1. The second kappa shape index (κ2) is 8.46. The fourth-order valence-corrected chi connectivity index (χ4v) is 3.36. The van der Waals surface area contributed by atoms with Crippen LogP contribution in [0, 0.1) is 5.82 Å². The third kappa shape index (κ3) is 4.38. The summed E-state index contributed by atoms with van der Waals surface area (Å²) in [6.07, 6.45) is 1.68. The number of benzene rings is 3. The molecule has 0 bridgehead atoms. The van der Waals surface area contributed by atoms with Gasteiger partial charge in [-0.05, 0) is 54.6 Å². The van der Waals surface area contributed by atoms with Crippen molar-refractivity contribution >= 4 is 28.4 Å². The number of H-pyrrole nitrogens is 1. The summed E-state index contributed by atoms with van der Waals surface area (Å²) in [5.74, 6) is 1.36.